The summed E-state index contributed by atoms with van der Waals surface area (Å²) in [5, 5.41) is 6.32. The molecule has 1 aromatic heterocycles. The SMILES string of the molecule is COC(=O)c1c(N)cc(N[C@@H]2CCCC[C@@H]2N)nc1Nc1cccc(S(C)(=O)=O)c1. The molecule has 3 rings (SSSR count). The van der Waals surface area contributed by atoms with E-state index in [1.165, 1.54) is 19.2 Å². The van der Waals surface area contributed by atoms with Crippen molar-refractivity contribution in [1.82, 2.24) is 4.98 Å². The van der Waals surface area contributed by atoms with Crippen LogP contribution in [0.1, 0.15) is 36.0 Å². The molecule has 0 spiro atoms. The quantitative estimate of drug-likeness (QED) is 0.503. The van der Waals surface area contributed by atoms with E-state index in [0.29, 0.717) is 11.5 Å². The van der Waals surface area contributed by atoms with Crippen LogP contribution in [0.25, 0.3) is 0 Å². The number of carbonyl (C=O) groups excluding carboxylic acids is 1. The van der Waals surface area contributed by atoms with Gasteiger partial charge in [0.1, 0.15) is 17.2 Å². The number of carbonyl (C=O) groups is 1. The molecular formula is C20H27N5O4S. The number of hydrogen-bond acceptors (Lipinski definition) is 9. The summed E-state index contributed by atoms with van der Waals surface area (Å²) in [6.45, 7) is 0. The minimum absolute atomic E-state index is 0.00455. The predicted molar refractivity (Wildman–Crippen MR) is 117 cm³/mol. The number of nitrogens with two attached hydrogens (primary N) is 2. The Hall–Kier alpha value is -2.85. The van der Waals surface area contributed by atoms with Crippen LogP contribution >= 0.6 is 0 Å². The fourth-order valence-corrected chi connectivity index (χ4v) is 4.18. The number of sulfone groups is 1. The number of rotatable bonds is 6. The molecule has 2 aromatic rings. The summed E-state index contributed by atoms with van der Waals surface area (Å²) >= 11 is 0. The van der Waals surface area contributed by atoms with Gasteiger partial charge in [-0.25, -0.2) is 18.2 Å². The van der Waals surface area contributed by atoms with E-state index in [4.69, 9.17) is 16.2 Å². The van der Waals surface area contributed by atoms with Gasteiger partial charge in [-0.05, 0) is 31.0 Å². The second-order valence-electron chi connectivity index (χ2n) is 7.44. The first-order valence-corrected chi connectivity index (χ1v) is 11.6. The third kappa shape index (κ3) is 5.00. The van der Waals surface area contributed by atoms with Crippen LogP contribution in [0.5, 0.6) is 0 Å². The van der Waals surface area contributed by atoms with E-state index in [1.807, 2.05) is 0 Å². The lowest BCUT2D eigenvalue weighted by molar-refractivity contribution is 0.0602. The van der Waals surface area contributed by atoms with Crippen LogP contribution in [0.15, 0.2) is 35.2 Å². The molecule has 0 aliphatic heterocycles. The van der Waals surface area contributed by atoms with Gasteiger partial charge in [-0.15, -0.1) is 0 Å². The van der Waals surface area contributed by atoms with Gasteiger partial charge in [0.25, 0.3) is 0 Å². The van der Waals surface area contributed by atoms with Gasteiger partial charge in [0.05, 0.1) is 17.7 Å². The first-order valence-electron chi connectivity index (χ1n) is 9.67. The van der Waals surface area contributed by atoms with Gasteiger partial charge in [-0.1, -0.05) is 18.9 Å². The standard InChI is InChI=1S/C20H27N5O4S/c1-29-20(26)18-15(22)11-17(24-16-9-4-3-8-14(16)21)25-19(18)23-12-6-5-7-13(10-12)30(2,27)28/h5-7,10-11,14,16H,3-4,8-9,21H2,1-2H3,(H4,22,23,24,25)/t14-,16+/m0/s1. The second-order valence-corrected chi connectivity index (χ2v) is 9.45. The first-order chi connectivity index (χ1) is 14.2. The first kappa shape index (κ1) is 21.8. The highest BCUT2D eigenvalue weighted by Crippen LogP contribution is 2.30. The Balaban J connectivity index is 1.98. The number of nitrogens with zero attached hydrogens (tertiary/aromatic N) is 1. The van der Waals surface area contributed by atoms with Gasteiger partial charge in [0.2, 0.25) is 0 Å². The average Bonchev–Trinajstić information content (AvgIpc) is 2.69. The molecule has 9 nitrogen and oxygen atoms in total. The highest BCUT2D eigenvalue weighted by Gasteiger charge is 2.24. The summed E-state index contributed by atoms with van der Waals surface area (Å²) < 4.78 is 28.6. The van der Waals surface area contributed by atoms with Crippen LogP contribution < -0.4 is 22.1 Å². The van der Waals surface area contributed by atoms with Crippen molar-refractivity contribution >= 4 is 38.8 Å². The topological polar surface area (TPSA) is 149 Å². The number of pyridine rings is 1. The van der Waals surface area contributed by atoms with Gasteiger partial charge in [0, 0.05) is 30.1 Å². The van der Waals surface area contributed by atoms with E-state index in [0.717, 1.165) is 31.9 Å². The van der Waals surface area contributed by atoms with E-state index < -0.39 is 15.8 Å². The lowest BCUT2D eigenvalue weighted by Crippen LogP contribution is -2.42. The van der Waals surface area contributed by atoms with Crippen LogP contribution in [0.4, 0.5) is 23.0 Å². The Bertz CT molecular complexity index is 1040. The maximum atomic E-state index is 12.3. The van der Waals surface area contributed by atoms with Crippen molar-refractivity contribution in [2.45, 2.75) is 42.7 Å². The van der Waals surface area contributed by atoms with Crippen LogP contribution in [-0.2, 0) is 14.6 Å². The molecule has 1 heterocycles. The van der Waals surface area contributed by atoms with E-state index in [1.54, 1.807) is 18.2 Å². The minimum Gasteiger partial charge on any atom is -0.465 e. The third-order valence-corrected chi connectivity index (χ3v) is 6.23. The maximum absolute atomic E-state index is 12.3. The van der Waals surface area contributed by atoms with Crippen molar-refractivity contribution in [3.63, 3.8) is 0 Å². The summed E-state index contributed by atoms with van der Waals surface area (Å²) in [7, 11) is -2.14. The van der Waals surface area contributed by atoms with Gasteiger partial charge >= 0.3 is 5.97 Å². The van der Waals surface area contributed by atoms with E-state index >= 15 is 0 Å². The molecule has 0 bridgehead atoms. The monoisotopic (exact) mass is 433 g/mol. The lowest BCUT2D eigenvalue weighted by Gasteiger charge is -2.30. The number of esters is 1. The van der Waals surface area contributed by atoms with Crippen molar-refractivity contribution in [1.29, 1.82) is 0 Å². The molecule has 6 N–H and O–H groups in total. The zero-order chi connectivity index (χ0) is 21.9. The molecule has 1 saturated carbocycles. The predicted octanol–water partition coefficient (Wildman–Crippen LogP) is 2.28. The van der Waals surface area contributed by atoms with E-state index in [-0.39, 0.29) is 34.0 Å². The fraction of sp³-hybridized carbons (Fsp3) is 0.400. The van der Waals surface area contributed by atoms with Crippen molar-refractivity contribution in [3.8, 4) is 0 Å². The van der Waals surface area contributed by atoms with Crippen LogP contribution in [0, 0.1) is 0 Å². The van der Waals surface area contributed by atoms with Gasteiger partial charge in [-0.2, -0.15) is 0 Å². The maximum Gasteiger partial charge on any atom is 0.343 e. The van der Waals surface area contributed by atoms with Crippen molar-refractivity contribution in [2.24, 2.45) is 5.73 Å². The highest BCUT2D eigenvalue weighted by molar-refractivity contribution is 7.90. The molecule has 0 unspecified atom stereocenters. The molecule has 0 saturated heterocycles. The Labute approximate surface area is 176 Å². The van der Waals surface area contributed by atoms with Crippen LogP contribution in [-0.4, -0.2) is 44.8 Å². The zero-order valence-corrected chi connectivity index (χ0v) is 17.8. The Kier molecular flexibility index (Phi) is 6.47. The van der Waals surface area contributed by atoms with Crippen LogP contribution in [0.3, 0.4) is 0 Å². The molecule has 10 heteroatoms. The molecule has 1 aliphatic rings. The molecule has 1 aliphatic carbocycles. The van der Waals surface area contributed by atoms with Crippen molar-refractivity contribution in [2.75, 3.05) is 29.7 Å². The largest absolute Gasteiger partial charge is 0.465 e. The normalized spacial score (nSPS) is 19.2. The molecule has 162 valence electrons. The van der Waals surface area contributed by atoms with Gasteiger partial charge in [-0.3, -0.25) is 0 Å². The number of benzene rings is 1. The zero-order valence-electron chi connectivity index (χ0n) is 17.0. The third-order valence-electron chi connectivity index (χ3n) is 5.12. The Morgan fingerprint density at radius 2 is 1.97 bits per heavy atom. The number of nitrogens with one attached hydrogen (secondary N) is 2. The van der Waals surface area contributed by atoms with E-state index in [9.17, 15) is 13.2 Å². The van der Waals surface area contributed by atoms with Gasteiger partial charge < -0.3 is 26.8 Å². The summed E-state index contributed by atoms with van der Waals surface area (Å²) in [5.74, 6) is -0.00802. The highest BCUT2D eigenvalue weighted by atomic mass is 32.2. The summed E-state index contributed by atoms with van der Waals surface area (Å²) in [6, 6.07) is 7.86. The molecule has 0 amide bonds. The molecule has 2 atom stereocenters. The van der Waals surface area contributed by atoms with Crippen molar-refractivity contribution in [3.05, 3.63) is 35.9 Å². The fourth-order valence-electron chi connectivity index (χ4n) is 3.52. The van der Waals surface area contributed by atoms with Crippen molar-refractivity contribution < 1.29 is 17.9 Å². The number of aromatic nitrogens is 1. The summed E-state index contributed by atoms with van der Waals surface area (Å²) in [4.78, 5) is 17.0. The average molecular weight is 434 g/mol. The summed E-state index contributed by atoms with van der Waals surface area (Å²) in [6.07, 6.45) is 5.14. The number of hydrogen-bond donors (Lipinski definition) is 4. The molecule has 1 fully saturated rings. The van der Waals surface area contributed by atoms with E-state index in [2.05, 4.69) is 15.6 Å². The Morgan fingerprint density at radius 1 is 1.23 bits per heavy atom. The molecular weight excluding hydrogens is 406 g/mol. The Morgan fingerprint density at radius 3 is 2.63 bits per heavy atom. The number of nitrogen functional groups attached to an aromatic ring is 1. The molecule has 30 heavy (non-hydrogen) atoms. The van der Waals surface area contributed by atoms with Gasteiger partial charge in [0.15, 0.2) is 9.84 Å². The number of ether oxygens (including phenoxy) is 1. The van der Waals surface area contributed by atoms with Crippen LogP contribution in [0.2, 0.25) is 0 Å². The second kappa shape index (κ2) is 8.88. The molecule has 0 radical (unpaired) electrons. The summed E-state index contributed by atoms with van der Waals surface area (Å²) in [5.41, 5.74) is 13.1. The number of anilines is 4. The molecule has 1 aromatic carbocycles. The minimum atomic E-state index is -3.39. The lowest BCUT2D eigenvalue weighted by atomic mass is 9.91. The smallest absolute Gasteiger partial charge is 0.343 e. The number of methoxy groups -OCH3 is 1.